The lowest BCUT2D eigenvalue weighted by molar-refractivity contribution is -0.140. The van der Waals surface area contributed by atoms with Crippen LogP contribution in [0.25, 0.3) is 0 Å². The maximum atomic E-state index is 11.6. The molecule has 0 amide bonds. The van der Waals surface area contributed by atoms with E-state index in [-0.39, 0.29) is 23.1 Å². The molecule has 7 nitrogen and oxygen atoms in total. The molecule has 1 aromatic heterocycles. The fourth-order valence-electron chi connectivity index (χ4n) is 0.912. The van der Waals surface area contributed by atoms with Crippen LogP contribution >= 0.6 is 11.6 Å². The van der Waals surface area contributed by atoms with Gasteiger partial charge in [0.15, 0.2) is 0 Å². The zero-order valence-corrected chi connectivity index (χ0v) is 10.5. The van der Waals surface area contributed by atoms with E-state index in [1.165, 1.54) is 7.11 Å². The van der Waals surface area contributed by atoms with Crippen molar-refractivity contribution in [3.05, 3.63) is 17.7 Å². The monoisotopic (exact) mass is 279 g/mol. The molecule has 1 heterocycles. The van der Waals surface area contributed by atoms with Crippen LogP contribution in [-0.4, -0.2) is 38.0 Å². The van der Waals surface area contributed by atoms with Crippen molar-refractivity contribution in [2.45, 2.75) is 11.3 Å². The first-order chi connectivity index (χ1) is 7.95. The van der Waals surface area contributed by atoms with E-state index in [4.69, 9.17) is 11.6 Å². The predicted molar refractivity (Wildman–Crippen MR) is 58.9 cm³/mol. The summed E-state index contributed by atoms with van der Waals surface area (Å²) in [6.07, 6.45) is 2.11. The second-order valence-electron chi connectivity index (χ2n) is 2.91. The minimum absolute atomic E-state index is 0.0430. The average Bonchev–Trinajstić information content (AvgIpc) is 2.29. The van der Waals surface area contributed by atoms with Crippen molar-refractivity contribution in [3.63, 3.8) is 0 Å². The Morgan fingerprint density at radius 2 is 2.06 bits per heavy atom. The Balaban J connectivity index is 2.63. The number of hydrogen-bond acceptors (Lipinski definition) is 6. The van der Waals surface area contributed by atoms with Crippen LogP contribution in [0.1, 0.15) is 6.42 Å². The van der Waals surface area contributed by atoms with Crippen LogP contribution < -0.4 is 4.72 Å². The van der Waals surface area contributed by atoms with E-state index in [1.54, 1.807) is 0 Å². The third kappa shape index (κ3) is 4.25. The maximum Gasteiger partial charge on any atom is 0.306 e. The minimum Gasteiger partial charge on any atom is -0.469 e. The van der Waals surface area contributed by atoms with Gasteiger partial charge >= 0.3 is 5.97 Å². The number of ether oxygens (including phenoxy) is 1. The van der Waals surface area contributed by atoms with E-state index in [2.05, 4.69) is 19.4 Å². The van der Waals surface area contributed by atoms with Crippen LogP contribution in [0.4, 0.5) is 0 Å². The van der Waals surface area contributed by atoms with Gasteiger partial charge in [0.05, 0.1) is 25.9 Å². The Morgan fingerprint density at radius 1 is 1.47 bits per heavy atom. The van der Waals surface area contributed by atoms with E-state index >= 15 is 0 Å². The van der Waals surface area contributed by atoms with E-state index in [1.807, 2.05) is 0 Å². The summed E-state index contributed by atoms with van der Waals surface area (Å²) >= 11 is 5.43. The highest BCUT2D eigenvalue weighted by Crippen LogP contribution is 2.07. The summed E-state index contributed by atoms with van der Waals surface area (Å²) in [6.45, 7) is -0.0579. The fourth-order valence-corrected chi connectivity index (χ4v) is 1.93. The third-order valence-electron chi connectivity index (χ3n) is 1.76. The normalized spacial score (nSPS) is 11.2. The second kappa shape index (κ2) is 5.89. The van der Waals surface area contributed by atoms with Gasteiger partial charge in [-0.25, -0.2) is 23.1 Å². The summed E-state index contributed by atoms with van der Waals surface area (Å²) in [4.78, 5) is 17.8. The van der Waals surface area contributed by atoms with Gasteiger partial charge in [-0.3, -0.25) is 4.79 Å². The molecule has 9 heteroatoms. The molecule has 1 N–H and O–H groups in total. The minimum atomic E-state index is -3.72. The van der Waals surface area contributed by atoms with Crippen LogP contribution in [0.2, 0.25) is 5.28 Å². The molecule has 0 aliphatic heterocycles. The Kier molecular flexibility index (Phi) is 4.79. The lowest BCUT2D eigenvalue weighted by atomic mass is 10.4. The molecular formula is C8H10ClN3O4S. The number of methoxy groups -OCH3 is 1. The summed E-state index contributed by atoms with van der Waals surface area (Å²) in [5.41, 5.74) is 0. The topological polar surface area (TPSA) is 98.2 Å². The molecule has 0 aromatic carbocycles. The number of nitrogens with zero attached hydrogens (tertiary/aromatic N) is 2. The van der Waals surface area contributed by atoms with Crippen molar-refractivity contribution in [1.82, 2.24) is 14.7 Å². The van der Waals surface area contributed by atoms with Crippen molar-refractivity contribution in [3.8, 4) is 0 Å². The summed E-state index contributed by atoms with van der Waals surface area (Å²) in [6, 6.07) is 0. The van der Waals surface area contributed by atoms with Gasteiger partial charge in [-0.1, -0.05) is 0 Å². The van der Waals surface area contributed by atoms with Gasteiger partial charge in [-0.15, -0.1) is 0 Å². The van der Waals surface area contributed by atoms with Crippen molar-refractivity contribution >= 4 is 27.6 Å². The number of rotatable bonds is 5. The molecule has 1 aromatic rings. The number of hydrogen-bond donors (Lipinski definition) is 1. The Labute approximate surface area is 103 Å². The molecule has 0 bridgehead atoms. The highest BCUT2D eigenvalue weighted by molar-refractivity contribution is 7.89. The zero-order chi connectivity index (χ0) is 12.9. The first-order valence-corrected chi connectivity index (χ1v) is 6.36. The number of carbonyl (C=O) groups is 1. The summed E-state index contributed by atoms with van der Waals surface area (Å²) < 4.78 is 29.8. The molecule has 0 atom stereocenters. The van der Waals surface area contributed by atoms with Gasteiger partial charge in [0.2, 0.25) is 15.3 Å². The SMILES string of the molecule is COC(=O)CCNS(=O)(=O)c1cnc(Cl)nc1. The zero-order valence-electron chi connectivity index (χ0n) is 8.88. The van der Waals surface area contributed by atoms with E-state index in [0.717, 1.165) is 12.4 Å². The molecule has 0 fully saturated rings. The molecule has 0 spiro atoms. The van der Waals surface area contributed by atoms with Crippen molar-refractivity contribution in [2.75, 3.05) is 13.7 Å². The Hall–Kier alpha value is -1.25. The van der Waals surface area contributed by atoms with E-state index < -0.39 is 16.0 Å². The second-order valence-corrected chi connectivity index (χ2v) is 5.02. The van der Waals surface area contributed by atoms with Crippen molar-refractivity contribution in [1.29, 1.82) is 0 Å². The largest absolute Gasteiger partial charge is 0.469 e. The average molecular weight is 280 g/mol. The molecule has 17 heavy (non-hydrogen) atoms. The first kappa shape index (κ1) is 13.8. The number of carbonyl (C=O) groups excluding carboxylic acids is 1. The van der Waals surface area contributed by atoms with Crippen LogP contribution in [0.15, 0.2) is 17.3 Å². The standard InChI is InChI=1S/C8H10ClN3O4S/c1-16-7(13)2-3-12-17(14,15)6-4-10-8(9)11-5-6/h4-5,12H,2-3H2,1H3. The van der Waals surface area contributed by atoms with Gasteiger partial charge in [-0.05, 0) is 11.6 Å². The highest BCUT2D eigenvalue weighted by Gasteiger charge is 2.15. The molecule has 0 aliphatic carbocycles. The number of sulfonamides is 1. The smallest absolute Gasteiger partial charge is 0.306 e. The number of esters is 1. The fraction of sp³-hybridized carbons (Fsp3) is 0.375. The predicted octanol–water partition coefficient (Wildman–Crippen LogP) is -0.0286. The van der Waals surface area contributed by atoms with Gasteiger partial charge in [0, 0.05) is 6.54 Å². The van der Waals surface area contributed by atoms with Crippen molar-refractivity contribution in [2.24, 2.45) is 0 Å². The first-order valence-electron chi connectivity index (χ1n) is 4.50. The van der Waals surface area contributed by atoms with Crippen LogP contribution in [0.3, 0.4) is 0 Å². The molecule has 0 unspecified atom stereocenters. The summed E-state index contributed by atoms with van der Waals surface area (Å²) in [5, 5.41) is -0.0430. The van der Waals surface area contributed by atoms with Crippen LogP contribution in [0, 0.1) is 0 Å². The van der Waals surface area contributed by atoms with E-state index in [0.29, 0.717) is 0 Å². The maximum absolute atomic E-state index is 11.6. The van der Waals surface area contributed by atoms with Gasteiger partial charge < -0.3 is 4.74 Å². The Morgan fingerprint density at radius 3 is 2.59 bits per heavy atom. The molecule has 0 saturated carbocycles. The number of halogens is 1. The number of nitrogens with one attached hydrogen (secondary N) is 1. The third-order valence-corrected chi connectivity index (χ3v) is 3.37. The lowest BCUT2D eigenvalue weighted by Crippen LogP contribution is -2.26. The highest BCUT2D eigenvalue weighted by atomic mass is 35.5. The molecular weight excluding hydrogens is 270 g/mol. The number of aromatic nitrogens is 2. The molecule has 1 rings (SSSR count). The quantitative estimate of drug-likeness (QED) is 0.600. The van der Waals surface area contributed by atoms with Gasteiger partial charge in [0.1, 0.15) is 4.90 Å². The van der Waals surface area contributed by atoms with Crippen LogP contribution in [0.5, 0.6) is 0 Å². The summed E-state index contributed by atoms with van der Waals surface area (Å²) in [7, 11) is -2.50. The summed E-state index contributed by atoms with van der Waals surface area (Å²) in [5.74, 6) is -0.500. The Bertz CT molecular complexity index is 488. The lowest BCUT2D eigenvalue weighted by Gasteiger charge is -2.05. The van der Waals surface area contributed by atoms with Crippen molar-refractivity contribution < 1.29 is 17.9 Å². The van der Waals surface area contributed by atoms with Gasteiger partial charge in [0.25, 0.3) is 0 Å². The molecule has 0 radical (unpaired) electrons. The van der Waals surface area contributed by atoms with Gasteiger partial charge in [-0.2, -0.15) is 0 Å². The van der Waals surface area contributed by atoms with Crippen LogP contribution in [-0.2, 0) is 19.6 Å². The molecule has 0 saturated heterocycles. The molecule has 0 aliphatic rings. The van der Waals surface area contributed by atoms with E-state index in [9.17, 15) is 13.2 Å². The molecule has 94 valence electrons.